The number of aromatic nitrogens is 1. The highest BCUT2D eigenvalue weighted by atomic mass is 16.3. The Morgan fingerprint density at radius 2 is 1.90 bits per heavy atom. The number of nitrogens with zero attached hydrogens (tertiary/aromatic N) is 2. The summed E-state index contributed by atoms with van der Waals surface area (Å²) < 4.78 is 0. The van der Waals surface area contributed by atoms with Crippen LogP contribution in [0.2, 0.25) is 0 Å². The van der Waals surface area contributed by atoms with Gasteiger partial charge in [-0.15, -0.1) is 0 Å². The van der Waals surface area contributed by atoms with Crippen LogP contribution in [0.1, 0.15) is 36.0 Å². The van der Waals surface area contributed by atoms with Crippen LogP contribution in [0.25, 0.3) is 0 Å². The van der Waals surface area contributed by atoms with Gasteiger partial charge in [-0.1, -0.05) is 0 Å². The Labute approximate surface area is 118 Å². The van der Waals surface area contributed by atoms with E-state index < -0.39 is 12.2 Å². The molecule has 0 radical (unpaired) electrons. The summed E-state index contributed by atoms with van der Waals surface area (Å²) in [6, 6.07) is 3.52. The molecule has 5 heteroatoms. The zero-order valence-electron chi connectivity index (χ0n) is 11.4. The molecule has 108 valence electrons. The summed E-state index contributed by atoms with van der Waals surface area (Å²) in [5, 5.41) is 20.4. The van der Waals surface area contributed by atoms with Crippen LogP contribution in [-0.4, -0.2) is 46.8 Å². The minimum Gasteiger partial charge on any atom is -0.392 e. The number of carbonyl (C=O) groups excluding carboxylic acids is 1. The predicted molar refractivity (Wildman–Crippen MR) is 74.8 cm³/mol. The fraction of sp³-hybridized carbons (Fsp3) is 0.600. The molecule has 3 rings (SSSR count). The van der Waals surface area contributed by atoms with Crippen LogP contribution in [0.3, 0.4) is 0 Å². The Balaban J connectivity index is 1.77. The Morgan fingerprint density at radius 1 is 1.25 bits per heavy atom. The SMILES string of the molecule is O=Cc1cccnc1N1CCC2(CC1)C(O)CCC2O. The molecule has 1 aliphatic heterocycles. The third-order valence-electron chi connectivity index (χ3n) is 4.98. The van der Waals surface area contributed by atoms with Crippen LogP contribution in [0, 0.1) is 5.41 Å². The summed E-state index contributed by atoms with van der Waals surface area (Å²) in [7, 11) is 0. The molecule has 0 aromatic carbocycles. The van der Waals surface area contributed by atoms with Gasteiger partial charge in [0, 0.05) is 24.7 Å². The van der Waals surface area contributed by atoms with E-state index in [-0.39, 0.29) is 5.41 Å². The number of piperidine rings is 1. The van der Waals surface area contributed by atoms with E-state index in [4.69, 9.17) is 0 Å². The molecule has 1 aromatic rings. The van der Waals surface area contributed by atoms with Gasteiger partial charge in [-0.2, -0.15) is 0 Å². The van der Waals surface area contributed by atoms with Gasteiger partial charge in [0.1, 0.15) is 5.82 Å². The molecule has 5 nitrogen and oxygen atoms in total. The van der Waals surface area contributed by atoms with Crippen molar-refractivity contribution >= 4 is 12.1 Å². The maximum atomic E-state index is 11.1. The van der Waals surface area contributed by atoms with Crippen LogP contribution in [-0.2, 0) is 0 Å². The molecule has 0 bridgehead atoms. The average molecular weight is 276 g/mol. The second-order valence-electron chi connectivity index (χ2n) is 5.86. The number of rotatable bonds is 2. The van der Waals surface area contributed by atoms with Crippen LogP contribution in [0.5, 0.6) is 0 Å². The number of aliphatic hydroxyl groups excluding tert-OH is 2. The Hall–Kier alpha value is -1.46. The maximum absolute atomic E-state index is 11.1. The first-order chi connectivity index (χ1) is 9.67. The number of pyridine rings is 1. The van der Waals surface area contributed by atoms with E-state index in [2.05, 4.69) is 9.88 Å². The standard InChI is InChI=1S/C15H20N2O3/c18-10-11-2-1-7-16-14(11)17-8-5-15(6-9-17)12(19)3-4-13(15)20/h1-2,7,10,12-13,19-20H,3-6,8-9H2. The van der Waals surface area contributed by atoms with Crippen LogP contribution < -0.4 is 4.90 Å². The van der Waals surface area contributed by atoms with Crippen molar-refractivity contribution in [3.05, 3.63) is 23.9 Å². The van der Waals surface area contributed by atoms with E-state index in [1.54, 1.807) is 18.3 Å². The lowest BCUT2D eigenvalue weighted by molar-refractivity contribution is -0.0402. The van der Waals surface area contributed by atoms with Crippen molar-refractivity contribution in [3.63, 3.8) is 0 Å². The van der Waals surface area contributed by atoms with Gasteiger partial charge in [-0.05, 0) is 37.8 Å². The topological polar surface area (TPSA) is 73.7 Å². The first-order valence-corrected chi connectivity index (χ1v) is 7.18. The first kappa shape index (κ1) is 13.5. The third-order valence-corrected chi connectivity index (χ3v) is 4.98. The van der Waals surface area contributed by atoms with Crippen molar-refractivity contribution < 1.29 is 15.0 Å². The van der Waals surface area contributed by atoms with Crippen LogP contribution in [0.4, 0.5) is 5.82 Å². The van der Waals surface area contributed by atoms with E-state index >= 15 is 0 Å². The molecule has 2 heterocycles. The molecule has 1 aromatic heterocycles. The van der Waals surface area contributed by atoms with Gasteiger partial charge in [0.25, 0.3) is 0 Å². The molecule has 1 saturated heterocycles. The number of aliphatic hydroxyl groups is 2. The largest absolute Gasteiger partial charge is 0.392 e. The monoisotopic (exact) mass is 276 g/mol. The number of hydrogen-bond acceptors (Lipinski definition) is 5. The van der Waals surface area contributed by atoms with Crippen molar-refractivity contribution in [2.45, 2.75) is 37.9 Å². The summed E-state index contributed by atoms with van der Waals surface area (Å²) in [6.07, 6.45) is 4.55. The van der Waals surface area contributed by atoms with Crippen molar-refractivity contribution in [1.82, 2.24) is 4.98 Å². The van der Waals surface area contributed by atoms with E-state index in [1.807, 2.05) is 0 Å². The fourth-order valence-electron chi connectivity index (χ4n) is 3.68. The summed E-state index contributed by atoms with van der Waals surface area (Å²) in [5.41, 5.74) is 0.239. The first-order valence-electron chi connectivity index (χ1n) is 7.18. The molecular weight excluding hydrogens is 256 g/mol. The van der Waals surface area contributed by atoms with Crippen molar-refractivity contribution in [1.29, 1.82) is 0 Å². The van der Waals surface area contributed by atoms with E-state index in [0.29, 0.717) is 37.3 Å². The Bertz CT molecular complexity index is 486. The molecule has 2 atom stereocenters. The number of carbonyl (C=O) groups is 1. The van der Waals surface area contributed by atoms with Crippen LogP contribution >= 0.6 is 0 Å². The van der Waals surface area contributed by atoms with E-state index in [1.165, 1.54) is 0 Å². The highest BCUT2D eigenvalue weighted by Gasteiger charge is 2.50. The predicted octanol–water partition coefficient (Wildman–Crippen LogP) is 0.996. The van der Waals surface area contributed by atoms with Gasteiger partial charge in [0.2, 0.25) is 0 Å². The third kappa shape index (κ3) is 2.01. The van der Waals surface area contributed by atoms with Gasteiger partial charge in [-0.25, -0.2) is 4.98 Å². The molecule has 1 aliphatic carbocycles. The lowest BCUT2D eigenvalue weighted by Gasteiger charge is -2.43. The molecule has 2 aliphatic rings. The maximum Gasteiger partial charge on any atom is 0.153 e. The van der Waals surface area contributed by atoms with Gasteiger partial charge in [0.15, 0.2) is 6.29 Å². The summed E-state index contributed by atoms with van der Waals surface area (Å²) in [4.78, 5) is 17.4. The number of aldehydes is 1. The summed E-state index contributed by atoms with van der Waals surface area (Å²) in [5.74, 6) is 0.708. The second kappa shape index (κ2) is 5.14. The lowest BCUT2D eigenvalue weighted by Crippen LogP contribution is -2.49. The van der Waals surface area contributed by atoms with Gasteiger partial charge in [-0.3, -0.25) is 4.79 Å². The Kier molecular flexibility index (Phi) is 3.48. The van der Waals surface area contributed by atoms with Crippen molar-refractivity contribution in [3.8, 4) is 0 Å². The molecule has 2 fully saturated rings. The molecule has 20 heavy (non-hydrogen) atoms. The molecular formula is C15H20N2O3. The minimum absolute atomic E-state index is 0.355. The highest BCUT2D eigenvalue weighted by molar-refractivity contribution is 5.82. The molecule has 1 saturated carbocycles. The summed E-state index contributed by atoms with van der Waals surface area (Å²) in [6.45, 7) is 1.43. The van der Waals surface area contributed by atoms with Gasteiger partial charge < -0.3 is 15.1 Å². The Morgan fingerprint density at radius 3 is 2.50 bits per heavy atom. The van der Waals surface area contributed by atoms with Crippen molar-refractivity contribution in [2.75, 3.05) is 18.0 Å². The number of anilines is 1. The summed E-state index contributed by atoms with van der Waals surface area (Å²) >= 11 is 0. The normalized spacial score (nSPS) is 28.8. The molecule has 2 unspecified atom stereocenters. The molecule has 2 N–H and O–H groups in total. The average Bonchev–Trinajstić information content (AvgIpc) is 2.77. The second-order valence-corrected chi connectivity index (χ2v) is 5.86. The van der Waals surface area contributed by atoms with E-state index in [0.717, 1.165) is 19.1 Å². The van der Waals surface area contributed by atoms with Gasteiger partial charge >= 0.3 is 0 Å². The smallest absolute Gasteiger partial charge is 0.153 e. The van der Waals surface area contributed by atoms with Crippen molar-refractivity contribution in [2.24, 2.45) is 5.41 Å². The quantitative estimate of drug-likeness (QED) is 0.788. The molecule has 1 spiro atoms. The molecule has 0 amide bonds. The zero-order chi connectivity index (χ0) is 14.2. The van der Waals surface area contributed by atoms with Crippen LogP contribution in [0.15, 0.2) is 18.3 Å². The van der Waals surface area contributed by atoms with E-state index in [9.17, 15) is 15.0 Å². The van der Waals surface area contributed by atoms with Gasteiger partial charge in [0.05, 0.1) is 17.8 Å². The zero-order valence-corrected chi connectivity index (χ0v) is 11.4. The fourth-order valence-corrected chi connectivity index (χ4v) is 3.68. The number of hydrogen-bond donors (Lipinski definition) is 2. The lowest BCUT2D eigenvalue weighted by atomic mass is 9.73. The minimum atomic E-state index is -0.408. The highest BCUT2D eigenvalue weighted by Crippen LogP contribution is 2.47.